The third-order valence-corrected chi connectivity index (χ3v) is 4.78. The van der Waals surface area contributed by atoms with Gasteiger partial charge in [-0.25, -0.2) is 9.78 Å². The van der Waals surface area contributed by atoms with Gasteiger partial charge in [-0.2, -0.15) is 0 Å². The van der Waals surface area contributed by atoms with Gasteiger partial charge in [-0.15, -0.1) is 0 Å². The van der Waals surface area contributed by atoms with Crippen LogP contribution in [0.25, 0.3) is 10.9 Å². The maximum atomic E-state index is 12.9. The van der Waals surface area contributed by atoms with Gasteiger partial charge in [-0.3, -0.25) is 9.59 Å². The fraction of sp³-hybridized carbons (Fsp3) is 0.364. The van der Waals surface area contributed by atoms with E-state index in [1.54, 1.807) is 44.3 Å². The van der Waals surface area contributed by atoms with E-state index in [9.17, 15) is 14.4 Å². The predicted molar refractivity (Wildman–Crippen MR) is 111 cm³/mol. The Morgan fingerprint density at radius 1 is 1.24 bits per heavy atom. The lowest BCUT2D eigenvalue weighted by atomic mass is 10.0. The zero-order valence-electron chi connectivity index (χ0n) is 17.1. The second-order valence-corrected chi connectivity index (χ2v) is 7.68. The van der Waals surface area contributed by atoms with E-state index in [0.29, 0.717) is 40.4 Å². The van der Waals surface area contributed by atoms with Crippen LogP contribution in [0.4, 0.5) is 0 Å². The summed E-state index contributed by atoms with van der Waals surface area (Å²) in [6.45, 7) is 5.99. The van der Waals surface area contributed by atoms with Crippen LogP contribution in [0.3, 0.4) is 0 Å². The minimum atomic E-state index is -0.638. The number of H-pyrrole nitrogens is 1. The van der Waals surface area contributed by atoms with Crippen molar-refractivity contribution in [2.24, 2.45) is 5.92 Å². The Balaban J connectivity index is 1.83. The van der Waals surface area contributed by atoms with Crippen LogP contribution < -0.4 is 11.2 Å². The van der Waals surface area contributed by atoms with E-state index in [-0.39, 0.29) is 17.7 Å². The average Bonchev–Trinajstić information content (AvgIpc) is 2.65. The Bertz CT molecular complexity index is 1160. The van der Waals surface area contributed by atoms with Crippen LogP contribution in [0.2, 0.25) is 0 Å². The maximum absolute atomic E-state index is 12.9. The van der Waals surface area contributed by atoms with E-state index in [1.165, 1.54) is 4.90 Å². The highest BCUT2D eigenvalue weighted by atomic mass is 16.4. The van der Waals surface area contributed by atoms with E-state index in [4.69, 9.17) is 4.42 Å². The number of nitrogens with one attached hydrogen (secondary N) is 1. The normalized spacial score (nSPS) is 11.2. The largest absolute Gasteiger partial charge is 0.427 e. The third kappa shape index (κ3) is 4.62. The Kier molecular flexibility index (Phi) is 5.96. The SMILES string of the molecule is Cc1cc(CCC(C)C)oc(=O)c1C(=O)N(C)Cc1nc2ccccc2c(=O)[nH]1. The van der Waals surface area contributed by atoms with Crippen LogP contribution in [0.15, 0.2) is 44.3 Å². The molecule has 3 aromatic rings. The lowest BCUT2D eigenvalue weighted by Gasteiger charge is -2.17. The van der Waals surface area contributed by atoms with Crippen molar-refractivity contribution >= 4 is 16.8 Å². The van der Waals surface area contributed by atoms with Crippen molar-refractivity contribution in [3.63, 3.8) is 0 Å². The molecule has 152 valence electrons. The zero-order valence-corrected chi connectivity index (χ0v) is 17.1. The van der Waals surface area contributed by atoms with Crippen molar-refractivity contribution in [1.29, 1.82) is 0 Å². The first kappa shape index (κ1) is 20.5. The maximum Gasteiger partial charge on any atom is 0.349 e. The molecule has 1 N–H and O–H groups in total. The number of para-hydroxylation sites is 1. The second-order valence-electron chi connectivity index (χ2n) is 7.68. The highest BCUT2D eigenvalue weighted by Crippen LogP contribution is 2.14. The van der Waals surface area contributed by atoms with Crippen molar-refractivity contribution in [2.75, 3.05) is 7.05 Å². The molecule has 0 fully saturated rings. The minimum Gasteiger partial charge on any atom is -0.427 e. The Morgan fingerprint density at radius 3 is 2.66 bits per heavy atom. The zero-order chi connectivity index (χ0) is 21.1. The first-order valence-electron chi connectivity index (χ1n) is 9.63. The summed E-state index contributed by atoms with van der Waals surface area (Å²) in [5.41, 5.74) is 0.232. The number of aryl methyl sites for hydroxylation is 2. The number of fused-ring (bicyclic) bond motifs is 1. The van der Waals surface area contributed by atoms with E-state index < -0.39 is 11.5 Å². The molecule has 0 bridgehead atoms. The van der Waals surface area contributed by atoms with Crippen molar-refractivity contribution < 1.29 is 9.21 Å². The molecule has 3 rings (SSSR count). The van der Waals surface area contributed by atoms with Crippen LogP contribution in [0.5, 0.6) is 0 Å². The number of carbonyl (C=O) groups excluding carboxylic acids is 1. The molecule has 29 heavy (non-hydrogen) atoms. The van der Waals surface area contributed by atoms with Gasteiger partial charge in [0.15, 0.2) is 0 Å². The molecule has 0 aliphatic heterocycles. The summed E-state index contributed by atoms with van der Waals surface area (Å²) in [6, 6.07) is 8.74. The van der Waals surface area contributed by atoms with Gasteiger partial charge in [0.1, 0.15) is 17.1 Å². The molecular formula is C22H25N3O4. The molecular weight excluding hydrogens is 370 g/mol. The molecule has 0 aliphatic rings. The lowest BCUT2D eigenvalue weighted by Crippen LogP contribution is -2.32. The van der Waals surface area contributed by atoms with E-state index in [2.05, 4.69) is 23.8 Å². The van der Waals surface area contributed by atoms with Gasteiger partial charge in [-0.05, 0) is 43.0 Å². The van der Waals surface area contributed by atoms with Gasteiger partial charge in [0.25, 0.3) is 11.5 Å². The molecule has 0 atom stereocenters. The van der Waals surface area contributed by atoms with E-state index >= 15 is 0 Å². The summed E-state index contributed by atoms with van der Waals surface area (Å²) in [5.74, 6) is 0.952. The smallest absolute Gasteiger partial charge is 0.349 e. The second kappa shape index (κ2) is 8.43. The van der Waals surface area contributed by atoms with Gasteiger partial charge < -0.3 is 14.3 Å². The number of hydrogen-bond donors (Lipinski definition) is 1. The molecule has 0 radical (unpaired) electrons. The summed E-state index contributed by atoms with van der Waals surface area (Å²) < 4.78 is 5.36. The monoisotopic (exact) mass is 395 g/mol. The van der Waals surface area contributed by atoms with Gasteiger partial charge in [0.05, 0.1) is 17.4 Å². The molecule has 1 amide bonds. The van der Waals surface area contributed by atoms with Crippen molar-refractivity contribution in [3.05, 3.63) is 73.8 Å². The van der Waals surface area contributed by atoms with Crippen molar-refractivity contribution in [1.82, 2.24) is 14.9 Å². The van der Waals surface area contributed by atoms with Crippen molar-refractivity contribution in [3.8, 4) is 0 Å². The number of benzene rings is 1. The molecule has 0 spiro atoms. The molecule has 0 aliphatic carbocycles. The van der Waals surface area contributed by atoms with E-state index in [1.807, 2.05) is 0 Å². The number of hydrogen-bond acceptors (Lipinski definition) is 5. The molecule has 7 nitrogen and oxygen atoms in total. The Hall–Kier alpha value is -3.22. The summed E-state index contributed by atoms with van der Waals surface area (Å²) in [5, 5.41) is 0.485. The summed E-state index contributed by atoms with van der Waals surface area (Å²) in [4.78, 5) is 46.0. The fourth-order valence-electron chi connectivity index (χ4n) is 3.18. The highest BCUT2D eigenvalue weighted by Gasteiger charge is 2.21. The predicted octanol–water partition coefficient (Wildman–Crippen LogP) is 3.05. The standard InChI is InChI=1S/C22H25N3O4/c1-13(2)9-10-15-11-14(3)19(22(28)29-15)21(27)25(4)12-18-23-17-8-6-5-7-16(17)20(26)24-18/h5-8,11,13H,9-10,12H2,1-4H3,(H,23,24,26). The number of carbonyl (C=O) groups is 1. The van der Waals surface area contributed by atoms with Crippen LogP contribution in [-0.2, 0) is 13.0 Å². The van der Waals surface area contributed by atoms with Crippen LogP contribution in [0, 0.1) is 12.8 Å². The Labute approximate surface area is 168 Å². The minimum absolute atomic E-state index is 0.00364. The average molecular weight is 395 g/mol. The molecule has 2 heterocycles. The number of amides is 1. The van der Waals surface area contributed by atoms with Gasteiger partial charge in [-0.1, -0.05) is 26.0 Å². The molecule has 0 saturated carbocycles. The number of nitrogens with zero attached hydrogens (tertiary/aromatic N) is 2. The lowest BCUT2D eigenvalue weighted by molar-refractivity contribution is 0.0775. The number of aromatic nitrogens is 2. The Morgan fingerprint density at radius 2 is 1.97 bits per heavy atom. The highest BCUT2D eigenvalue weighted by molar-refractivity contribution is 5.94. The molecule has 1 aromatic carbocycles. The molecule has 2 aromatic heterocycles. The van der Waals surface area contributed by atoms with Gasteiger partial charge in [0, 0.05) is 13.5 Å². The number of aromatic amines is 1. The van der Waals surface area contributed by atoms with Crippen LogP contribution in [-0.4, -0.2) is 27.8 Å². The molecule has 0 saturated heterocycles. The molecule has 7 heteroatoms. The third-order valence-electron chi connectivity index (χ3n) is 4.78. The molecule has 0 unspecified atom stereocenters. The van der Waals surface area contributed by atoms with Gasteiger partial charge in [0.2, 0.25) is 0 Å². The van der Waals surface area contributed by atoms with Crippen LogP contribution >= 0.6 is 0 Å². The quantitative estimate of drug-likeness (QED) is 0.692. The van der Waals surface area contributed by atoms with Gasteiger partial charge >= 0.3 is 5.63 Å². The topological polar surface area (TPSA) is 96.3 Å². The fourth-order valence-corrected chi connectivity index (χ4v) is 3.18. The first-order chi connectivity index (χ1) is 13.8. The summed E-state index contributed by atoms with van der Waals surface area (Å²) >= 11 is 0. The summed E-state index contributed by atoms with van der Waals surface area (Å²) in [7, 11) is 1.56. The van der Waals surface area contributed by atoms with Crippen LogP contribution in [0.1, 0.15) is 47.8 Å². The van der Waals surface area contributed by atoms with E-state index in [0.717, 1.165) is 6.42 Å². The summed E-state index contributed by atoms with van der Waals surface area (Å²) in [6.07, 6.45) is 1.55. The number of rotatable bonds is 6. The van der Waals surface area contributed by atoms with Crippen molar-refractivity contribution in [2.45, 2.75) is 40.2 Å². The first-order valence-corrected chi connectivity index (χ1v) is 9.63.